The fraction of sp³-hybridized carbons (Fsp3) is 0.125. The maximum Gasteiger partial charge on any atom is 0.284 e. The molecule has 13 heavy (non-hydrogen) atoms. The number of nitrogens with two attached hydrogens (primary N) is 2. The molecule has 1 aromatic rings. The second kappa shape index (κ2) is 3.66. The fourth-order valence-electron chi connectivity index (χ4n) is 0.705. The van der Waals surface area contributed by atoms with Crippen LogP contribution in [0, 0.1) is 6.92 Å². The highest BCUT2D eigenvalue weighted by Crippen LogP contribution is 2.06. The standard InChI is InChI=1S/C8H10N4O/c1-5-2-3-6(11-4-5)12-7(9)8(10)13/h2-4H,1H3,(H2,10,13)(H2,9,11,12). The second-order valence-corrected chi connectivity index (χ2v) is 2.56. The van der Waals surface area contributed by atoms with Crippen LogP contribution in [0.5, 0.6) is 0 Å². The number of hydrogen-bond donors (Lipinski definition) is 2. The number of nitrogens with zero attached hydrogens (tertiary/aromatic N) is 2. The summed E-state index contributed by atoms with van der Waals surface area (Å²) in [5.74, 6) is -0.611. The van der Waals surface area contributed by atoms with E-state index in [2.05, 4.69) is 9.98 Å². The first kappa shape index (κ1) is 9.18. The molecule has 0 bridgehead atoms. The van der Waals surface area contributed by atoms with Crippen LogP contribution in [0.25, 0.3) is 0 Å². The normalized spacial score (nSPS) is 11.3. The molecule has 1 rings (SSSR count). The quantitative estimate of drug-likeness (QED) is 0.463. The van der Waals surface area contributed by atoms with Crippen molar-refractivity contribution in [3.63, 3.8) is 0 Å². The van der Waals surface area contributed by atoms with Crippen LogP contribution in [0.2, 0.25) is 0 Å². The molecule has 0 unspecified atom stereocenters. The van der Waals surface area contributed by atoms with Crippen molar-refractivity contribution in [3.8, 4) is 0 Å². The number of amidine groups is 1. The average molecular weight is 178 g/mol. The Balaban J connectivity index is 2.92. The molecule has 1 aromatic heterocycles. The Hall–Kier alpha value is -1.91. The molecule has 1 amide bonds. The molecule has 0 fully saturated rings. The number of pyridine rings is 1. The summed E-state index contributed by atoms with van der Waals surface area (Å²) in [5, 5.41) is 0. The number of aromatic nitrogens is 1. The van der Waals surface area contributed by atoms with E-state index in [0.29, 0.717) is 5.82 Å². The van der Waals surface area contributed by atoms with Gasteiger partial charge in [0, 0.05) is 6.20 Å². The highest BCUT2D eigenvalue weighted by atomic mass is 16.1. The molecule has 1 heterocycles. The highest BCUT2D eigenvalue weighted by Gasteiger charge is 2.00. The maximum absolute atomic E-state index is 10.5. The fourth-order valence-corrected chi connectivity index (χ4v) is 0.705. The van der Waals surface area contributed by atoms with Gasteiger partial charge in [0.2, 0.25) is 0 Å². The van der Waals surface area contributed by atoms with E-state index in [4.69, 9.17) is 11.5 Å². The Labute approximate surface area is 75.5 Å². The summed E-state index contributed by atoms with van der Waals surface area (Å²) < 4.78 is 0. The molecular formula is C8H10N4O. The van der Waals surface area contributed by atoms with Crippen LogP contribution >= 0.6 is 0 Å². The topological polar surface area (TPSA) is 94.4 Å². The highest BCUT2D eigenvalue weighted by molar-refractivity contribution is 6.37. The van der Waals surface area contributed by atoms with Crippen molar-refractivity contribution in [2.75, 3.05) is 0 Å². The third-order valence-corrected chi connectivity index (χ3v) is 1.38. The summed E-state index contributed by atoms with van der Waals surface area (Å²) in [6, 6.07) is 3.48. The minimum atomic E-state index is -0.748. The molecule has 0 aliphatic carbocycles. The van der Waals surface area contributed by atoms with Crippen LogP contribution in [0.3, 0.4) is 0 Å². The van der Waals surface area contributed by atoms with Crippen molar-refractivity contribution in [2.45, 2.75) is 6.92 Å². The lowest BCUT2D eigenvalue weighted by Gasteiger charge is -1.95. The molecular weight excluding hydrogens is 168 g/mol. The summed E-state index contributed by atoms with van der Waals surface area (Å²) >= 11 is 0. The molecule has 0 spiro atoms. The van der Waals surface area contributed by atoms with Crippen molar-refractivity contribution in [2.24, 2.45) is 16.5 Å². The van der Waals surface area contributed by atoms with E-state index in [1.165, 1.54) is 0 Å². The molecule has 0 atom stereocenters. The van der Waals surface area contributed by atoms with E-state index in [0.717, 1.165) is 5.56 Å². The number of aryl methyl sites for hydroxylation is 1. The number of hydrogen-bond acceptors (Lipinski definition) is 3. The number of carbonyl (C=O) groups is 1. The molecule has 0 radical (unpaired) electrons. The molecule has 68 valence electrons. The first-order valence-electron chi connectivity index (χ1n) is 3.66. The monoisotopic (exact) mass is 178 g/mol. The van der Waals surface area contributed by atoms with Crippen molar-refractivity contribution in [1.82, 2.24) is 4.98 Å². The zero-order chi connectivity index (χ0) is 9.84. The SMILES string of the molecule is Cc1ccc(N=C(N)C(N)=O)nc1. The summed E-state index contributed by atoms with van der Waals surface area (Å²) in [5.41, 5.74) is 11.1. The molecule has 5 nitrogen and oxygen atoms in total. The van der Waals surface area contributed by atoms with Gasteiger partial charge in [-0.05, 0) is 18.6 Å². The lowest BCUT2D eigenvalue weighted by atomic mass is 10.3. The number of carbonyl (C=O) groups excluding carboxylic acids is 1. The Morgan fingerprint density at radius 1 is 1.46 bits per heavy atom. The van der Waals surface area contributed by atoms with Crippen molar-refractivity contribution < 1.29 is 4.79 Å². The number of aliphatic imine (C=N–C) groups is 1. The Kier molecular flexibility index (Phi) is 2.59. The first-order chi connectivity index (χ1) is 6.09. The van der Waals surface area contributed by atoms with E-state index in [-0.39, 0.29) is 5.84 Å². The molecule has 4 N–H and O–H groups in total. The average Bonchev–Trinajstić information content (AvgIpc) is 2.08. The van der Waals surface area contributed by atoms with E-state index in [9.17, 15) is 4.79 Å². The molecule has 0 saturated heterocycles. The van der Waals surface area contributed by atoms with Gasteiger partial charge in [-0.3, -0.25) is 4.79 Å². The summed E-state index contributed by atoms with van der Waals surface area (Å²) in [4.78, 5) is 18.1. The van der Waals surface area contributed by atoms with Gasteiger partial charge < -0.3 is 11.5 Å². The third-order valence-electron chi connectivity index (χ3n) is 1.38. The second-order valence-electron chi connectivity index (χ2n) is 2.56. The predicted molar refractivity (Wildman–Crippen MR) is 49.5 cm³/mol. The summed E-state index contributed by atoms with van der Waals surface area (Å²) in [6.45, 7) is 1.90. The molecule has 5 heteroatoms. The lowest BCUT2D eigenvalue weighted by molar-refractivity contribution is -0.112. The first-order valence-corrected chi connectivity index (χ1v) is 3.66. The largest absolute Gasteiger partial charge is 0.379 e. The van der Waals surface area contributed by atoms with Gasteiger partial charge in [0.15, 0.2) is 11.7 Å². The van der Waals surface area contributed by atoms with Gasteiger partial charge in [-0.15, -0.1) is 0 Å². The van der Waals surface area contributed by atoms with Crippen LogP contribution in [-0.4, -0.2) is 16.7 Å². The van der Waals surface area contributed by atoms with Crippen LogP contribution in [0.4, 0.5) is 5.82 Å². The van der Waals surface area contributed by atoms with Crippen molar-refractivity contribution in [3.05, 3.63) is 23.9 Å². The van der Waals surface area contributed by atoms with Crippen LogP contribution in [0.1, 0.15) is 5.56 Å². The minimum Gasteiger partial charge on any atom is -0.379 e. The van der Waals surface area contributed by atoms with Gasteiger partial charge in [-0.25, -0.2) is 9.98 Å². The predicted octanol–water partition coefficient (Wildman–Crippen LogP) is -0.136. The zero-order valence-corrected chi connectivity index (χ0v) is 7.19. The van der Waals surface area contributed by atoms with Crippen molar-refractivity contribution >= 4 is 17.6 Å². The van der Waals surface area contributed by atoms with Gasteiger partial charge >= 0.3 is 0 Å². The van der Waals surface area contributed by atoms with E-state index < -0.39 is 5.91 Å². The Morgan fingerprint density at radius 3 is 2.62 bits per heavy atom. The van der Waals surface area contributed by atoms with Gasteiger partial charge in [-0.1, -0.05) is 6.07 Å². The van der Waals surface area contributed by atoms with Crippen LogP contribution in [0.15, 0.2) is 23.3 Å². The Morgan fingerprint density at radius 2 is 2.15 bits per heavy atom. The minimum absolute atomic E-state index is 0.239. The number of rotatable bonds is 1. The van der Waals surface area contributed by atoms with Crippen molar-refractivity contribution in [1.29, 1.82) is 0 Å². The molecule has 0 aromatic carbocycles. The van der Waals surface area contributed by atoms with E-state index >= 15 is 0 Å². The summed E-state index contributed by atoms with van der Waals surface area (Å²) in [7, 11) is 0. The van der Waals surface area contributed by atoms with Crippen LogP contribution < -0.4 is 11.5 Å². The van der Waals surface area contributed by atoms with E-state index in [1.54, 1.807) is 12.3 Å². The number of amides is 1. The summed E-state index contributed by atoms with van der Waals surface area (Å²) in [6.07, 6.45) is 1.63. The van der Waals surface area contributed by atoms with Crippen LogP contribution in [-0.2, 0) is 4.79 Å². The number of primary amides is 1. The van der Waals surface area contributed by atoms with E-state index in [1.807, 2.05) is 13.0 Å². The molecule has 0 aliphatic rings. The maximum atomic E-state index is 10.5. The van der Waals surface area contributed by atoms with Gasteiger partial charge in [-0.2, -0.15) is 0 Å². The third kappa shape index (κ3) is 2.55. The van der Waals surface area contributed by atoms with Gasteiger partial charge in [0.25, 0.3) is 5.91 Å². The molecule has 0 aliphatic heterocycles. The Bertz CT molecular complexity index is 342. The zero-order valence-electron chi connectivity index (χ0n) is 7.19. The molecule has 0 saturated carbocycles. The van der Waals surface area contributed by atoms with Gasteiger partial charge in [0.05, 0.1) is 0 Å². The van der Waals surface area contributed by atoms with Gasteiger partial charge in [0.1, 0.15) is 0 Å². The smallest absolute Gasteiger partial charge is 0.284 e. The lowest BCUT2D eigenvalue weighted by Crippen LogP contribution is -2.30.